The minimum absolute atomic E-state index is 0.0880. The lowest BCUT2D eigenvalue weighted by atomic mass is 9.94. The molecule has 1 aromatic rings. The minimum atomic E-state index is -1.28. The molecule has 0 bridgehead atoms. The van der Waals surface area contributed by atoms with E-state index in [4.69, 9.17) is 10.5 Å². The highest BCUT2D eigenvalue weighted by Crippen LogP contribution is 2.28. The highest BCUT2D eigenvalue weighted by atomic mass is 16.6. The van der Waals surface area contributed by atoms with E-state index >= 15 is 0 Å². The predicted molar refractivity (Wildman–Crippen MR) is 140 cm³/mol. The van der Waals surface area contributed by atoms with Gasteiger partial charge in [-0.25, -0.2) is 4.79 Å². The van der Waals surface area contributed by atoms with Crippen LogP contribution in [-0.4, -0.2) is 52.9 Å². The number of primary amides is 1. The van der Waals surface area contributed by atoms with Gasteiger partial charge in [0.05, 0.1) is 6.42 Å². The number of rotatable bonds is 12. The van der Waals surface area contributed by atoms with Crippen molar-refractivity contribution in [3.8, 4) is 0 Å². The smallest absolute Gasteiger partial charge is 0.408 e. The summed E-state index contributed by atoms with van der Waals surface area (Å²) < 4.78 is 5.29. The highest BCUT2D eigenvalue weighted by Gasteiger charge is 2.37. The first kappa shape index (κ1) is 30.9. The summed E-state index contributed by atoms with van der Waals surface area (Å²) in [6.07, 6.45) is 0.972. The molecule has 0 radical (unpaired) electrons. The second-order valence-corrected chi connectivity index (χ2v) is 10.3. The van der Waals surface area contributed by atoms with E-state index in [-0.39, 0.29) is 18.5 Å². The summed E-state index contributed by atoms with van der Waals surface area (Å²) in [7, 11) is 0. The van der Waals surface area contributed by atoms with Crippen molar-refractivity contribution in [1.29, 1.82) is 0 Å². The molecule has 0 fully saturated rings. The van der Waals surface area contributed by atoms with Crippen LogP contribution in [0.3, 0.4) is 0 Å². The van der Waals surface area contributed by atoms with Crippen molar-refractivity contribution >= 4 is 23.8 Å². The van der Waals surface area contributed by atoms with Gasteiger partial charge in [0.15, 0.2) is 0 Å². The Labute approximate surface area is 215 Å². The molecule has 0 heterocycles. The van der Waals surface area contributed by atoms with E-state index in [1.807, 2.05) is 52.8 Å². The van der Waals surface area contributed by atoms with E-state index < -0.39 is 42.0 Å². The maximum atomic E-state index is 13.9. The normalized spacial score (nSPS) is 13.8. The number of hydrogen-bond acceptors (Lipinski definition) is 5. The van der Waals surface area contributed by atoms with Crippen LogP contribution in [0.4, 0.5) is 4.79 Å². The molecule has 36 heavy (non-hydrogen) atoms. The summed E-state index contributed by atoms with van der Waals surface area (Å²) >= 11 is 0. The van der Waals surface area contributed by atoms with Crippen molar-refractivity contribution in [2.24, 2.45) is 5.73 Å². The van der Waals surface area contributed by atoms with Crippen molar-refractivity contribution in [1.82, 2.24) is 15.5 Å². The van der Waals surface area contributed by atoms with Gasteiger partial charge in [-0.2, -0.15) is 0 Å². The Morgan fingerprint density at radius 2 is 1.69 bits per heavy atom. The molecule has 0 spiro atoms. The molecule has 0 aromatic heterocycles. The number of alkyl carbamates (subject to hydrolysis) is 1. The number of aryl methyl sites for hydroxylation is 1. The van der Waals surface area contributed by atoms with Crippen LogP contribution in [0.15, 0.2) is 18.2 Å². The van der Waals surface area contributed by atoms with Crippen molar-refractivity contribution < 1.29 is 23.9 Å². The first-order chi connectivity index (χ1) is 16.7. The van der Waals surface area contributed by atoms with E-state index in [1.165, 1.54) is 4.90 Å². The average Bonchev–Trinajstić information content (AvgIpc) is 2.73. The van der Waals surface area contributed by atoms with Crippen molar-refractivity contribution in [2.45, 2.75) is 105 Å². The third kappa shape index (κ3) is 9.51. The fraction of sp³-hybridized carbons (Fsp3) is 0.630. The molecule has 3 unspecified atom stereocenters. The van der Waals surface area contributed by atoms with Crippen molar-refractivity contribution in [2.75, 3.05) is 6.54 Å². The van der Waals surface area contributed by atoms with E-state index in [0.717, 1.165) is 24.0 Å². The van der Waals surface area contributed by atoms with Gasteiger partial charge in [0.1, 0.15) is 17.7 Å². The Balaban J connectivity index is 3.53. The Morgan fingerprint density at radius 1 is 1.06 bits per heavy atom. The number of amides is 4. The third-order valence-corrected chi connectivity index (χ3v) is 5.75. The van der Waals surface area contributed by atoms with Crippen LogP contribution >= 0.6 is 0 Å². The fourth-order valence-electron chi connectivity index (χ4n) is 4.01. The Hall–Kier alpha value is -3.10. The van der Waals surface area contributed by atoms with Crippen LogP contribution in [-0.2, 0) is 19.1 Å². The number of nitrogens with zero attached hydrogens (tertiary/aromatic N) is 1. The molecule has 1 rings (SSSR count). The SMILES string of the molecule is CCCC(C)NC(=O)C(c1cccc(C)c1C)N(CCC)C(=O)C(CC(N)=O)NC(=O)OC(C)(C)C. The van der Waals surface area contributed by atoms with Gasteiger partial charge in [0.2, 0.25) is 17.7 Å². The maximum Gasteiger partial charge on any atom is 0.408 e. The minimum Gasteiger partial charge on any atom is -0.444 e. The maximum absolute atomic E-state index is 13.9. The molecule has 202 valence electrons. The molecule has 4 N–H and O–H groups in total. The van der Waals surface area contributed by atoms with Crippen LogP contribution in [0.5, 0.6) is 0 Å². The molecule has 4 amide bonds. The highest BCUT2D eigenvalue weighted by molar-refractivity contribution is 5.94. The summed E-state index contributed by atoms with van der Waals surface area (Å²) in [5.74, 6) is -1.66. The molecule has 1 aromatic carbocycles. The van der Waals surface area contributed by atoms with Gasteiger partial charge < -0.3 is 26.0 Å². The van der Waals surface area contributed by atoms with Gasteiger partial charge in [0.25, 0.3) is 0 Å². The van der Waals surface area contributed by atoms with E-state index in [9.17, 15) is 19.2 Å². The Bertz CT molecular complexity index is 925. The van der Waals surface area contributed by atoms with E-state index in [0.29, 0.717) is 12.0 Å². The zero-order valence-corrected chi connectivity index (χ0v) is 23.1. The lowest BCUT2D eigenvalue weighted by molar-refractivity contribution is -0.143. The lowest BCUT2D eigenvalue weighted by Gasteiger charge is -2.35. The monoisotopic (exact) mass is 504 g/mol. The molecule has 0 saturated carbocycles. The summed E-state index contributed by atoms with van der Waals surface area (Å²) in [4.78, 5) is 53.3. The number of carbonyl (C=O) groups is 4. The number of nitrogens with two attached hydrogens (primary N) is 1. The Morgan fingerprint density at radius 3 is 2.22 bits per heavy atom. The molecule has 9 heteroatoms. The van der Waals surface area contributed by atoms with Gasteiger partial charge in [-0.15, -0.1) is 0 Å². The Kier molecular flexibility index (Phi) is 11.9. The zero-order chi connectivity index (χ0) is 27.6. The first-order valence-electron chi connectivity index (χ1n) is 12.7. The largest absolute Gasteiger partial charge is 0.444 e. The number of benzene rings is 1. The van der Waals surface area contributed by atoms with E-state index in [1.54, 1.807) is 20.8 Å². The number of nitrogens with one attached hydrogen (secondary N) is 2. The lowest BCUT2D eigenvalue weighted by Crippen LogP contribution is -2.54. The quantitative estimate of drug-likeness (QED) is 0.400. The zero-order valence-electron chi connectivity index (χ0n) is 23.1. The van der Waals surface area contributed by atoms with Gasteiger partial charge in [0, 0.05) is 12.6 Å². The number of ether oxygens (including phenoxy) is 1. The third-order valence-electron chi connectivity index (χ3n) is 5.75. The molecular formula is C27H44N4O5. The van der Waals surface area contributed by atoms with Crippen LogP contribution in [0.25, 0.3) is 0 Å². The molecule has 9 nitrogen and oxygen atoms in total. The molecule has 3 atom stereocenters. The van der Waals surface area contributed by atoms with E-state index in [2.05, 4.69) is 10.6 Å². The fourth-order valence-corrected chi connectivity index (χ4v) is 4.01. The standard InChI is InChI=1S/C27H44N4O5/c1-9-12-18(4)29-24(33)23(20-14-11-13-17(3)19(20)5)31(15-10-2)25(34)21(16-22(28)32)30-26(35)36-27(6,7)8/h11,13-14,18,21,23H,9-10,12,15-16H2,1-8H3,(H2,28,32)(H,29,33)(H,30,35). The molecule has 0 aliphatic rings. The molecule has 0 aliphatic heterocycles. The topological polar surface area (TPSA) is 131 Å². The van der Waals surface area contributed by atoms with Crippen LogP contribution in [0, 0.1) is 13.8 Å². The number of hydrogen-bond donors (Lipinski definition) is 3. The average molecular weight is 505 g/mol. The summed E-state index contributed by atoms with van der Waals surface area (Å²) in [6.45, 7) is 15.0. The summed E-state index contributed by atoms with van der Waals surface area (Å²) in [6, 6.07) is 3.30. The molecular weight excluding hydrogens is 460 g/mol. The first-order valence-corrected chi connectivity index (χ1v) is 12.7. The van der Waals surface area contributed by atoms with Crippen molar-refractivity contribution in [3.05, 3.63) is 34.9 Å². The second-order valence-electron chi connectivity index (χ2n) is 10.3. The molecule has 0 saturated heterocycles. The summed E-state index contributed by atoms with van der Waals surface area (Å²) in [5.41, 5.74) is 7.18. The van der Waals surface area contributed by atoms with Gasteiger partial charge in [-0.3, -0.25) is 14.4 Å². The molecule has 0 aliphatic carbocycles. The van der Waals surface area contributed by atoms with Gasteiger partial charge >= 0.3 is 6.09 Å². The van der Waals surface area contributed by atoms with Gasteiger partial charge in [-0.05, 0) is 71.1 Å². The number of carbonyl (C=O) groups excluding carboxylic acids is 4. The van der Waals surface area contributed by atoms with Gasteiger partial charge in [-0.1, -0.05) is 38.5 Å². The van der Waals surface area contributed by atoms with Crippen LogP contribution < -0.4 is 16.4 Å². The van der Waals surface area contributed by atoms with Crippen molar-refractivity contribution in [3.63, 3.8) is 0 Å². The van der Waals surface area contributed by atoms with Crippen LogP contribution in [0.1, 0.15) is 90.0 Å². The van der Waals surface area contributed by atoms with Crippen LogP contribution in [0.2, 0.25) is 0 Å². The predicted octanol–water partition coefficient (Wildman–Crippen LogP) is 3.66. The summed E-state index contributed by atoms with van der Waals surface area (Å²) in [5, 5.41) is 5.53. The second kappa shape index (κ2) is 13.8.